The summed E-state index contributed by atoms with van der Waals surface area (Å²) in [7, 11) is 0. The van der Waals surface area contributed by atoms with Gasteiger partial charge in [0, 0.05) is 19.4 Å². The van der Waals surface area contributed by atoms with Crippen molar-refractivity contribution in [3.63, 3.8) is 0 Å². The molecule has 3 heterocycles. The summed E-state index contributed by atoms with van der Waals surface area (Å²) in [5.41, 5.74) is 1.95. The molecule has 1 N–H and O–H groups in total. The fourth-order valence-electron chi connectivity index (χ4n) is 3.62. The largest absolute Gasteiger partial charge is 0.449 e. The van der Waals surface area contributed by atoms with Crippen molar-refractivity contribution >= 4 is 0 Å². The van der Waals surface area contributed by atoms with E-state index in [0.717, 1.165) is 49.6 Å². The molecule has 136 valence electrons. The lowest BCUT2D eigenvalue weighted by atomic mass is 9.95. The summed E-state index contributed by atoms with van der Waals surface area (Å²) in [6.07, 6.45) is 3.69. The zero-order valence-electron chi connectivity index (χ0n) is 14.9. The van der Waals surface area contributed by atoms with Gasteiger partial charge in [0.1, 0.15) is 12.1 Å². The molecular weight excluding hydrogens is 330 g/mol. The second-order valence-corrected chi connectivity index (χ2v) is 6.87. The van der Waals surface area contributed by atoms with Gasteiger partial charge in [-0.15, -0.1) is 0 Å². The molecule has 0 bridgehead atoms. The standard InChI is InChI=1S/C19H23N5O2/c1-14-20-17(13-26-14)12-23-9-7-16(8-10-23)18-21-22-19(25)24(18)11-15-5-3-2-4-6-15/h2-6,13,16H,7-12H2,1H3,(H,22,25). The van der Waals surface area contributed by atoms with Crippen LogP contribution in [0.5, 0.6) is 0 Å². The van der Waals surface area contributed by atoms with Gasteiger partial charge in [-0.2, -0.15) is 5.10 Å². The van der Waals surface area contributed by atoms with E-state index in [1.54, 1.807) is 10.8 Å². The van der Waals surface area contributed by atoms with E-state index >= 15 is 0 Å². The van der Waals surface area contributed by atoms with Crippen molar-refractivity contribution in [2.45, 2.75) is 38.8 Å². The number of nitrogens with zero attached hydrogens (tertiary/aromatic N) is 4. The molecule has 7 heteroatoms. The maximum absolute atomic E-state index is 12.2. The van der Waals surface area contributed by atoms with Crippen LogP contribution in [0.1, 0.15) is 41.7 Å². The van der Waals surface area contributed by atoms with Gasteiger partial charge in [0.05, 0.1) is 12.2 Å². The molecular formula is C19H23N5O2. The summed E-state index contributed by atoms with van der Waals surface area (Å²) in [5, 5.41) is 6.96. The summed E-state index contributed by atoms with van der Waals surface area (Å²) in [6.45, 7) is 5.15. The number of nitrogens with one attached hydrogen (secondary N) is 1. The average molecular weight is 353 g/mol. The lowest BCUT2D eigenvalue weighted by molar-refractivity contribution is 0.198. The number of aryl methyl sites for hydroxylation is 1. The molecule has 1 saturated heterocycles. The van der Waals surface area contributed by atoms with Crippen molar-refractivity contribution < 1.29 is 4.42 Å². The molecule has 0 amide bonds. The van der Waals surface area contributed by atoms with Gasteiger partial charge in [0.2, 0.25) is 0 Å². The first-order chi connectivity index (χ1) is 12.7. The molecule has 1 aromatic carbocycles. The lowest BCUT2D eigenvalue weighted by Crippen LogP contribution is -2.34. The fraction of sp³-hybridized carbons (Fsp3) is 0.421. The van der Waals surface area contributed by atoms with E-state index in [1.807, 2.05) is 37.3 Å². The normalized spacial score (nSPS) is 16.2. The predicted molar refractivity (Wildman–Crippen MR) is 96.9 cm³/mol. The number of likely N-dealkylation sites (tertiary alicyclic amines) is 1. The first kappa shape index (κ1) is 16.8. The quantitative estimate of drug-likeness (QED) is 0.761. The van der Waals surface area contributed by atoms with Gasteiger partial charge < -0.3 is 4.42 Å². The van der Waals surface area contributed by atoms with Gasteiger partial charge >= 0.3 is 5.69 Å². The molecule has 0 radical (unpaired) electrons. The minimum absolute atomic E-state index is 0.135. The van der Waals surface area contributed by atoms with E-state index < -0.39 is 0 Å². The Labute approximate surface area is 151 Å². The SMILES string of the molecule is Cc1nc(CN2CCC(c3n[nH]c(=O)n3Cc3ccccc3)CC2)co1. The molecule has 1 aliphatic rings. The van der Waals surface area contributed by atoms with Crippen LogP contribution in [0.15, 0.2) is 45.8 Å². The molecule has 26 heavy (non-hydrogen) atoms. The number of aromatic amines is 1. The van der Waals surface area contributed by atoms with Crippen molar-refractivity contribution in [2.75, 3.05) is 13.1 Å². The van der Waals surface area contributed by atoms with Crippen LogP contribution in [0.3, 0.4) is 0 Å². The van der Waals surface area contributed by atoms with Crippen LogP contribution < -0.4 is 5.69 Å². The molecule has 0 unspecified atom stereocenters. The van der Waals surface area contributed by atoms with Gasteiger partial charge in [0.25, 0.3) is 0 Å². The summed E-state index contributed by atoms with van der Waals surface area (Å²) in [6, 6.07) is 10.0. The Hall–Kier alpha value is -2.67. The Kier molecular flexibility index (Phi) is 4.71. The molecule has 1 fully saturated rings. The Morgan fingerprint density at radius 2 is 1.96 bits per heavy atom. The Bertz CT molecular complexity index is 903. The highest BCUT2D eigenvalue weighted by Crippen LogP contribution is 2.27. The van der Waals surface area contributed by atoms with Gasteiger partial charge in [-0.3, -0.25) is 9.47 Å². The van der Waals surface area contributed by atoms with Crippen LogP contribution in [0.4, 0.5) is 0 Å². The second-order valence-electron chi connectivity index (χ2n) is 6.87. The number of benzene rings is 1. The van der Waals surface area contributed by atoms with E-state index in [4.69, 9.17) is 4.42 Å². The highest BCUT2D eigenvalue weighted by Gasteiger charge is 2.26. The molecule has 4 rings (SSSR count). The van der Waals surface area contributed by atoms with E-state index in [9.17, 15) is 4.79 Å². The summed E-state index contributed by atoms with van der Waals surface area (Å²) >= 11 is 0. The zero-order chi connectivity index (χ0) is 17.9. The van der Waals surface area contributed by atoms with Gasteiger partial charge in [0.15, 0.2) is 5.89 Å². The number of aromatic nitrogens is 4. The van der Waals surface area contributed by atoms with Gasteiger partial charge in [-0.25, -0.2) is 14.9 Å². The maximum Gasteiger partial charge on any atom is 0.343 e. The van der Waals surface area contributed by atoms with Crippen LogP contribution >= 0.6 is 0 Å². The minimum atomic E-state index is -0.135. The van der Waals surface area contributed by atoms with E-state index in [0.29, 0.717) is 18.4 Å². The molecule has 0 atom stereocenters. The topological polar surface area (TPSA) is 80.0 Å². The minimum Gasteiger partial charge on any atom is -0.449 e. The zero-order valence-corrected chi connectivity index (χ0v) is 14.9. The Morgan fingerprint density at radius 3 is 2.65 bits per heavy atom. The molecule has 0 aliphatic carbocycles. The molecule has 2 aromatic heterocycles. The number of rotatable bonds is 5. The van der Waals surface area contributed by atoms with E-state index in [1.165, 1.54) is 0 Å². The van der Waals surface area contributed by atoms with E-state index in [2.05, 4.69) is 20.1 Å². The fourth-order valence-corrected chi connectivity index (χ4v) is 3.62. The van der Waals surface area contributed by atoms with Crippen LogP contribution in [0.2, 0.25) is 0 Å². The maximum atomic E-state index is 12.2. The van der Waals surface area contributed by atoms with Crippen molar-refractivity contribution in [1.29, 1.82) is 0 Å². The van der Waals surface area contributed by atoms with Crippen LogP contribution in [0.25, 0.3) is 0 Å². The van der Waals surface area contributed by atoms with Crippen molar-refractivity contribution in [3.8, 4) is 0 Å². The number of hydrogen-bond donors (Lipinski definition) is 1. The Balaban J connectivity index is 1.42. The van der Waals surface area contributed by atoms with Crippen molar-refractivity contribution in [2.24, 2.45) is 0 Å². The third-order valence-electron chi connectivity index (χ3n) is 4.98. The average Bonchev–Trinajstić information content (AvgIpc) is 3.23. The lowest BCUT2D eigenvalue weighted by Gasteiger charge is -2.30. The monoisotopic (exact) mass is 353 g/mol. The third-order valence-corrected chi connectivity index (χ3v) is 4.98. The number of hydrogen-bond acceptors (Lipinski definition) is 5. The number of oxazole rings is 1. The summed E-state index contributed by atoms with van der Waals surface area (Å²) in [5.74, 6) is 1.88. The molecule has 7 nitrogen and oxygen atoms in total. The number of piperidine rings is 1. The van der Waals surface area contributed by atoms with Gasteiger partial charge in [-0.1, -0.05) is 30.3 Å². The van der Waals surface area contributed by atoms with Crippen LogP contribution in [-0.2, 0) is 13.1 Å². The van der Waals surface area contributed by atoms with Crippen LogP contribution in [0, 0.1) is 6.92 Å². The first-order valence-electron chi connectivity index (χ1n) is 9.01. The predicted octanol–water partition coefficient (Wildman–Crippen LogP) is 2.30. The molecule has 0 saturated carbocycles. The van der Waals surface area contributed by atoms with E-state index in [-0.39, 0.29) is 5.69 Å². The second kappa shape index (κ2) is 7.29. The van der Waals surface area contributed by atoms with Crippen molar-refractivity contribution in [1.82, 2.24) is 24.6 Å². The molecule has 0 spiro atoms. The highest BCUT2D eigenvalue weighted by atomic mass is 16.3. The first-order valence-corrected chi connectivity index (χ1v) is 9.01. The smallest absolute Gasteiger partial charge is 0.343 e. The van der Waals surface area contributed by atoms with Gasteiger partial charge in [-0.05, 0) is 31.5 Å². The summed E-state index contributed by atoms with van der Waals surface area (Å²) in [4.78, 5) is 19.0. The third kappa shape index (κ3) is 3.62. The summed E-state index contributed by atoms with van der Waals surface area (Å²) < 4.78 is 7.06. The highest BCUT2D eigenvalue weighted by molar-refractivity contribution is 5.16. The van der Waals surface area contributed by atoms with Crippen LogP contribution in [-0.4, -0.2) is 37.7 Å². The number of H-pyrrole nitrogens is 1. The Morgan fingerprint density at radius 1 is 1.19 bits per heavy atom. The molecule has 3 aromatic rings. The molecule has 1 aliphatic heterocycles. The van der Waals surface area contributed by atoms with Crippen molar-refractivity contribution in [3.05, 3.63) is 70.1 Å².